The van der Waals surface area contributed by atoms with Gasteiger partial charge in [0.15, 0.2) is 9.84 Å². The molecule has 2 heterocycles. The van der Waals surface area contributed by atoms with Gasteiger partial charge in [-0.1, -0.05) is 12.1 Å². The normalized spacial score (nSPS) is 14.5. The van der Waals surface area contributed by atoms with Crippen LogP contribution < -0.4 is 10.2 Å². The van der Waals surface area contributed by atoms with Gasteiger partial charge in [0.1, 0.15) is 5.82 Å². The fourth-order valence-corrected chi connectivity index (χ4v) is 3.85. The van der Waals surface area contributed by atoms with E-state index in [1.54, 1.807) is 24.3 Å². The van der Waals surface area contributed by atoms with Crippen molar-refractivity contribution >= 4 is 27.2 Å². The van der Waals surface area contributed by atoms with Crippen molar-refractivity contribution in [2.45, 2.75) is 25.5 Å². The summed E-state index contributed by atoms with van der Waals surface area (Å²) >= 11 is 0. The molecule has 1 aromatic carbocycles. The van der Waals surface area contributed by atoms with Gasteiger partial charge >= 0.3 is 0 Å². The Kier molecular flexibility index (Phi) is 5.27. The lowest BCUT2D eigenvalue weighted by molar-refractivity contribution is 0.102. The molecule has 26 heavy (non-hydrogen) atoms. The van der Waals surface area contributed by atoms with Gasteiger partial charge in [-0.15, -0.1) is 0 Å². The first-order chi connectivity index (χ1) is 12.3. The highest BCUT2D eigenvalue weighted by atomic mass is 32.2. The largest absolute Gasteiger partial charge is 0.357 e. The maximum atomic E-state index is 12.4. The maximum Gasteiger partial charge on any atom is 0.255 e. The minimum absolute atomic E-state index is 0.0319. The molecular weight excluding hydrogens is 350 g/mol. The summed E-state index contributed by atoms with van der Waals surface area (Å²) in [5.41, 5.74) is 2.59. The second kappa shape index (κ2) is 7.45. The number of nitrogens with one attached hydrogen (secondary N) is 1. The molecule has 1 aliphatic heterocycles. The number of pyridine rings is 1. The zero-order valence-electron chi connectivity index (χ0n) is 15.0. The zero-order chi connectivity index (χ0) is 18.7. The van der Waals surface area contributed by atoms with Crippen LogP contribution in [0, 0.1) is 6.92 Å². The van der Waals surface area contributed by atoms with E-state index in [2.05, 4.69) is 15.2 Å². The number of sulfone groups is 1. The van der Waals surface area contributed by atoms with Crippen molar-refractivity contribution in [2.24, 2.45) is 0 Å². The van der Waals surface area contributed by atoms with Crippen LogP contribution in [0.4, 0.5) is 11.5 Å². The van der Waals surface area contributed by atoms with Gasteiger partial charge in [0, 0.05) is 24.9 Å². The number of nitrogens with zero attached hydrogens (tertiary/aromatic N) is 2. The molecule has 0 unspecified atom stereocenters. The van der Waals surface area contributed by atoms with Crippen molar-refractivity contribution in [1.82, 2.24) is 4.98 Å². The van der Waals surface area contributed by atoms with E-state index in [9.17, 15) is 13.2 Å². The lowest BCUT2D eigenvalue weighted by Crippen LogP contribution is -2.20. The van der Waals surface area contributed by atoms with Crippen molar-refractivity contribution in [3.63, 3.8) is 0 Å². The van der Waals surface area contributed by atoms with Gasteiger partial charge in [-0.2, -0.15) is 0 Å². The summed E-state index contributed by atoms with van der Waals surface area (Å²) in [6.07, 6.45) is 3.57. The van der Waals surface area contributed by atoms with Crippen molar-refractivity contribution < 1.29 is 13.2 Å². The SMILES string of the molecule is Cc1nc(N2CCCC2)ccc1NC(=O)c1ccc(CS(C)(=O)=O)cc1. The molecule has 0 atom stereocenters. The molecule has 0 radical (unpaired) electrons. The van der Waals surface area contributed by atoms with Gasteiger partial charge < -0.3 is 10.2 Å². The fourth-order valence-electron chi connectivity index (χ4n) is 3.05. The monoisotopic (exact) mass is 373 g/mol. The summed E-state index contributed by atoms with van der Waals surface area (Å²) in [5.74, 6) is 0.674. The number of amides is 1. The van der Waals surface area contributed by atoms with E-state index in [-0.39, 0.29) is 11.7 Å². The van der Waals surface area contributed by atoms with Crippen LogP contribution in [-0.4, -0.2) is 38.7 Å². The molecule has 0 saturated carbocycles. The van der Waals surface area contributed by atoms with E-state index >= 15 is 0 Å². The van der Waals surface area contributed by atoms with E-state index in [0.29, 0.717) is 16.8 Å². The number of aromatic nitrogens is 1. The molecule has 6 nitrogen and oxygen atoms in total. The highest BCUT2D eigenvalue weighted by molar-refractivity contribution is 7.89. The van der Waals surface area contributed by atoms with Gasteiger partial charge in [-0.05, 0) is 49.6 Å². The molecular formula is C19H23N3O3S. The first-order valence-corrected chi connectivity index (χ1v) is 10.7. The Morgan fingerprint density at radius 3 is 2.35 bits per heavy atom. The fraction of sp³-hybridized carbons (Fsp3) is 0.368. The van der Waals surface area contributed by atoms with Crippen LogP contribution in [0.1, 0.15) is 34.5 Å². The highest BCUT2D eigenvalue weighted by Crippen LogP contribution is 2.22. The molecule has 138 valence electrons. The molecule has 0 spiro atoms. The Morgan fingerprint density at radius 2 is 1.77 bits per heavy atom. The summed E-state index contributed by atoms with van der Waals surface area (Å²) in [7, 11) is -3.09. The minimum atomic E-state index is -3.09. The minimum Gasteiger partial charge on any atom is -0.357 e. The second-order valence-electron chi connectivity index (χ2n) is 6.72. The van der Waals surface area contributed by atoms with Gasteiger partial charge in [0.05, 0.1) is 17.1 Å². The number of rotatable bonds is 5. The highest BCUT2D eigenvalue weighted by Gasteiger charge is 2.15. The number of carbonyl (C=O) groups excluding carboxylic acids is 1. The van der Waals surface area contributed by atoms with E-state index in [0.717, 1.165) is 24.6 Å². The van der Waals surface area contributed by atoms with Gasteiger partial charge in [0.25, 0.3) is 5.91 Å². The first-order valence-electron chi connectivity index (χ1n) is 8.62. The molecule has 3 rings (SSSR count). The standard InChI is InChI=1S/C19H23N3O3S/c1-14-17(9-10-18(20-14)22-11-3-4-12-22)21-19(23)16-7-5-15(6-8-16)13-26(2,24)25/h5-10H,3-4,11-13H2,1-2H3,(H,21,23). The number of anilines is 2. The number of hydrogen-bond acceptors (Lipinski definition) is 5. The molecule has 0 aliphatic carbocycles. The van der Waals surface area contributed by atoms with Gasteiger partial charge in [-0.3, -0.25) is 4.79 Å². The van der Waals surface area contributed by atoms with Gasteiger partial charge in [0.2, 0.25) is 0 Å². The van der Waals surface area contributed by atoms with Crippen LogP contribution in [0.2, 0.25) is 0 Å². The van der Waals surface area contributed by atoms with E-state index < -0.39 is 9.84 Å². The predicted octanol–water partition coefficient (Wildman–Crippen LogP) is 2.79. The number of aryl methyl sites for hydroxylation is 1. The van der Waals surface area contributed by atoms with Crippen molar-refractivity contribution in [3.05, 3.63) is 53.2 Å². The Hall–Kier alpha value is -2.41. The molecule has 1 aromatic heterocycles. The van der Waals surface area contributed by atoms with Crippen LogP contribution >= 0.6 is 0 Å². The molecule has 1 aliphatic rings. The van der Waals surface area contributed by atoms with Crippen LogP contribution in [0.25, 0.3) is 0 Å². The summed E-state index contributed by atoms with van der Waals surface area (Å²) < 4.78 is 22.7. The lowest BCUT2D eigenvalue weighted by atomic mass is 10.1. The van der Waals surface area contributed by atoms with Crippen LogP contribution in [0.5, 0.6) is 0 Å². The quantitative estimate of drug-likeness (QED) is 0.872. The molecule has 1 saturated heterocycles. The number of benzene rings is 1. The topological polar surface area (TPSA) is 79.4 Å². The Labute approximate surface area is 154 Å². The molecule has 1 N–H and O–H groups in total. The average Bonchev–Trinajstić information content (AvgIpc) is 3.10. The maximum absolute atomic E-state index is 12.4. The first kappa shape index (κ1) is 18.4. The molecule has 1 fully saturated rings. The Bertz CT molecular complexity index is 902. The average molecular weight is 373 g/mol. The summed E-state index contributed by atoms with van der Waals surface area (Å²) in [6, 6.07) is 10.4. The van der Waals surface area contributed by atoms with Crippen molar-refractivity contribution in [3.8, 4) is 0 Å². The number of carbonyl (C=O) groups is 1. The van der Waals surface area contributed by atoms with E-state index in [1.165, 1.54) is 19.1 Å². The second-order valence-corrected chi connectivity index (χ2v) is 8.86. The molecule has 2 aromatic rings. The van der Waals surface area contributed by atoms with Crippen molar-refractivity contribution in [2.75, 3.05) is 29.6 Å². The van der Waals surface area contributed by atoms with Gasteiger partial charge in [-0.25, -0.2) is 13.4 Å². The lowest BCUT2D eigenvalue weighted by Gasteiger charge is -2.18. The molecule has 0 bridgehead atoms. The summed E-state index contributed by atoms with van der Waals surface area (Å²) in [6.45, 7) is 3.93. The van der Waals surface area contributed by atoms with E-state index in [1.807, 2.05) is 19.1 Å². The number of hydrogen-bond donors (Lipinski definition) is 1. The predicted molar refractivity (Wildman–Crippen MR) is 103 cm³/mol. The summed E-state index contributed by atoms with van der Waals surface area (Å²) in [5, 5.41) is 2.87. The third-order valence-electron chi connectivity index (χ3n) is 4.39. The molecule has 7 heteroatoms. The smallest absolute Gasteiger partial charge is 0.255 e. The summed E-state index contributed by atoms with van der Waals surface area (Å²) in [4.78, 5) is 19.3. The van der Waals surface area contributed by atoms with Crippen LogP contribution in [0.3, 0.4) is 0 Å². The Balaban J connectivity index is 1.69. The zero-order valence-corrected chi connectivity index (χ0v) is 15.8. The van der Waals surface area contributed by atoms with Crippen molar-refractivity contribution in [1.29, 1.82) is 0 Å². The third-order valence-corrected chi connectivity index (χ3v) is 5.25. The Morgan fingerprint density at radius 1 is 1.12 bits per heavy atom. The van der Waals surface area contributed by atoms with Crippen LogP contribution in [-0.2, 0) is 15.6 Å². The molecule has 1 amide bonds. The third kappa shape index (κ3) is 4.60. The van der Waals surface area contributed by atoms with E-state index in [4.69, 9.17) is 0 Å². The van der Waals surface area contributed by atoms with Crippen LogP contribution in [0.15, 0.2) is 36.4 Å².